The summed E-state index contributed by atoms with van der Waals surface area (Å²) in [6.45, 7) is 7.55. The second kappa shape index (κ2) is 4.03. The first-order valence-electron chi connectivity index (χ1n) is 3.10. The molecule has 0 aliphatic heterocycles. The Balaban J connectivity index is 3.07. The van der Waals surface area contributed by atoms with Crippen molar-refractivity contribution < 1.29 is 9.78 Å². The smallest absolute Gasteiger partial charge is 0.109 e. The maximum atomic E-state index is 4.63. The van der Waals surface area contributed by atoms with Crippen molar-refractivity contribution in [3.63, 3.8) is 0 Å². The monoisotopic (exact) mass is 147 g/mol. The molecule has 55 valence electrons. The molecule has 0 amide bonds. The lowest BCUT2D eigenvalue weighted by atomic mass is 10.9. The molecule has 0 aliphatic rings. The number of rotatable bonds is 4. The van der Waals surface area contributed by atoms with Crippen molar-refractivity contribution in [1.82, 2.24) is 0 Å². The molecule has 0 saturated carbocycles. The normalized spacial score (nSPS) is 12.0. The maximum Gasteiger partial charge on any atom is 0.109 e. The fourth-order valence-electron chi connectivity index (χ4n) is 0.407. The van der Waals surface area contributed by atoms with Crippen LogP contribution in [0.1, 0.15) is 0 Å². The van der Waals surface area contributed by atoms with Gasteiger partial charge in [-0.25, -0.2) is 9.78 Å². The molecule has 0 heterocycles. The summed E-state index contributed by atoms with van der Waals surface area (Å²) in [6, 6.07) is 1.13. The Morgan fingerprint density at radius 1 is 1.33 bits per heavy atom. The minimum Gasteiger partial charge on any atom is -0.237 e. The van der Waals surface area contributed by atoms with Crippen LogP contribution < -0.4 is 0 Å². The highest BCUT2D eigenvalue weighted by atomic mass is 28.3. The van der Waals surface area contributed by atoms with Crippen molar-refractivity contribution in [2.75, 3.05) is 6.61 Å². The van der Waals surface area contributed by atoms with E-state index in [0.717, 1.165) is 6.04 Å². The van der Waals surface area contributed by atoms with E-state index in [1.807, 2.05) is 0 Å². The van der Waals surface area contributed by atoms with Crippen LogP contribution in [-0.4, -0.2) is 14.7 Å². The van der Waals surface area contributed by atoms with Crippen LogP contribution in [0.25, 0.3) is 0 Å². The van der Waals surface area contributed by atoms with Crippen LogP contribution in [0, 0.1) is 7.11 Å². The second-order valence-electron chi connectivity index (χ2n) is 3.25. The van der Waals surface area contributed by atoms with Crippen LogP contribution in [0.15, 0.2) is 0 Å². The summed E-state index contributed by atoms with van der Waals surface area (Å²) in [5.41, 5.74) is 0. The molecule has 1 radical (unpaired) electrons. The van der Waals surface area contributed by atoms with Gasteiger partial charge >= 0.3 is 0 Å². The Bertz CT molecular complexity index is 67.9. The molecular weight excluding hydrogens is 132 g/mol. The zero-order valence-corrected chi connectivity index (χ0v) is 7.44. The molecule has 0 saturated heterocycles. The second-order valence-corrected chi connectivity index (χ2v) is 8.87. The summed E-state index contributed by atoms with van der Waals surface area (Å²) in [5, 5.41) is 0. The zero-order valence-electron chi connectivity index (χ0n) is 6.44. The van der Waals surface area contributed by atoms with Gasteiger partial charge in [0, 0.05) is 8.07 Å². The van der Waals surface area contributed by atoms with Crippen LogP contribution in [0.5, 0.6) is 0 Å². The highest BCUT2D eigenvalue weighted by Crippen LogP contribution is 2.07. The van der Waals surface area contributed by atoms with E-state index >= 15 is 0 Å². The Morgan fingerprint density at radius 2 is 1.89 bits per heavy atom. The number of hydrogen-bond acceptors (Lipinski definition) is 2. The molecule has 9 heavy (non-hydrogen) atoms. The molecule has 0 atom stereocenters. The van der Waals surface area contributed by atoms with Gasteiger partial charge < -0.3 is 0 Å². The average molecular weight is 147 g/mol. The molecule has 0 aromatic rings. The van der Waals surface area contributed by atoms with Crippen LogP contribution in [0.3, 0.4) is 0 Å². The molecule has 0 N–H and O–H groups in total. The standard InChI is InChI=1S/C6H15O2Si/c1-7-8-5-6-9(2,3)4/h1,5-6H2,2-4H3. The zero-order chi connectivity index (χ0) is 7.33. The molecular formula is C6H15O2Si. The molecule has 0 unspecified atom stereocenters. The fourth-order valence-corrected chi connectivity index (χ4v) is 1.10. The van der Waals surface area contributed by atoms with Gasteiger partial charge in [-0.3, -0.25) is 0 Å². The fraction of sp³-hybridized carbons (Fsp3) is 0.833. The Morgan fingerprint density at radius 3 is 2.22 bits per heavy atom. The van der Waals surface area contributed by atoms with Gasteiger partial charge in [-0.2, -0.15) is 0 Å². The molecule has 0 aromatic heterocycles. The molecule has 0 fully saturated rings. The van der Waals surface area contributed by atoms with Crippen molar-refractivity contribution >= 4 is 8.07 Å². The highest BCUT2D eigenvalue weighted by Gasteiger charge is 2.11. The van der Waals surface area contributed by atoms with Gasteiger partial charge in [0.15, 0.2) is 0 Å². The minimum atomic E-state index is -0.927. The maximum absolute atomic E-state index is 4.63. The van der Waals surface area contributed by atoms with Crippen molar-refractivity contribution in [1.29, 1.82) is 0 Å². The average Bonchev–Trinajstić information content (AvgIpc) is 1.63. The Kier molecular flexibility index (Phi) is 4.09. The van der Waals surface area contributed by atoms with Gasteiger partial charge in [-0.15, -0.1) is 0 Å². The van der Waals surface area contributed by atoms with E-state index in [1.54, 1.807) is 0 Å². The Labute approximate surface area is 58.1 Å². The lowest BCUT2D eigenvalue weighted by Crippen LogP contribution is -2.21. The first-order chi connectivity index (χ1) is 4.06. The van der Waals surface area contributed by atoms with Crippen molar-refractivity contribution in [3.8, 4) is 0 Å². The third-order valence-corrected chi connectivity index (χ3v) is 2.72. The van der Waals surface area contributed by atoms with Gasteiger partial charge in [-0.1, -0.05) is 19.6 Å². The largest absolute Gasteiger partial charge is 0.237 e. The van der Waals surface area contributed by atoms with Crippen LogP contribution in [0.2, 0.25) is 25.7 Å². The predicted molar refractivity (Wildman–Crippen MR) is 40.5 cm³/mol. The summed E-state index contributed by atoms with van der Waals surface area (Å²) >= 11 is 0. The summed E-state index contributed by atoms with van der Waals surface area (Å²) in [5.74, 6) is 0. The third kappa shape index (κ3) is 8.14. The van der Waals surface area contributed by atoms with E-state index in [4.69, 9.17) is 0 Å². The van der Waals surface area contributed by atoms with Gasteiger partial charge in [-0.05, 0) is 6.04 Å². The summed E-state index contributed by atoms with van der Waals surface area (Å²) in [7, 11) is 2.17. The van der Waals surface area contributed by atoms with E-state index in [0.29, 0.717) is 6.61 Å². The first kappa shape index (κ1) is 9.14. The van der Waals surface area contributed by atoms with Crippen LogP contribution in [0.4, 0.5) is 0 Å². The summed E-state index contributed by atoms with van der Waals surface area (Å²) in [6.07, 6.45) is 0. The lowest BCUT2D eigenvalue weighted by molar-refractivity contribution is -0.248. The van der Waals surface area contributed by atoms with Crippen LogP contribution >= 0.6 is 0 Å². The molecule has 2 nitrogen and oxygen atoms in total. The molecule has 0 rings (SSSR count). The molecule has 0 aliphatic carbocycles. The lowest BCUT2D eigenvalue weighted by Gasteiger charge is -2.13. The SMILES string of the molecule is [CH2]OOCC[Si](C)(C)C. The highest BCUT2D eigenvalue weighted by molar-refractivity contribution is 6.76. The van der Waals surface area contributed by atoms with Gasteiger partial charge in [0.2, 0.25) is 0 Å². The third-order valence-electron chi connectivity index (χ3n) is 1.02. The van der Waals surface area contributed by atoms with E-state index in [9.17, 15) is 0 Å². The number of hydrogen-bond donors (Lipinski definition) is 0. The van der Waals surface area contributed by atoms with E-state index in [1.165, 1.54) is 0 Å². The van der Waals surface area contributed by atoms with E-state index in [2.05, 4.69) is 36.5 Å². The van der Waals surface area contributed by atoms with Crippen molar-refractivity contribution in [2.24, 2.45) is 0 Å². The van der Waals surface area contributed by atoms with Crippen molar-refractivity contribution in [3.05, 3.63) is 7.11 Å². The van der Waals surface area contributed by atoms with Gasteiger partial charge in [0.25, 0.3) is 0 Å². The first-order valence-corrected chi connectivity index (χ1v) is 6.80. The predicted octanol–water partition coefficient (Wildman–Crippen LogP) is 2.06. The minimum absolute atomic E-state index is 0.680. The van der Waals surface area contributed by atoms with Crippen molar-refractivity contribution in [2.45, 2.75) is 25.7 Å². The van der Waals surface area contributed by atoms with Gasteiger partial charge in [0.1, 0.15) is 7.11 Å². The van der Waals surface area contributed by atoms with Crippen LogP contribution in [-0.2, 0) is 9.78 Å². The topological polar surface area (TPSA) is 18.5 Å². The molecule has 0 spiro atoms. The quantitative estimate of drug-likeness (QED) is 0.262. The molecule has 0 bridgehead atoms. The summed E-state index contributed by atoms with van der Waals surface area (Å²) < 4.78 is 0. The van der Waals surface area contributed by atoms with E-state index < -0.39 is 8.07 Å². The summed E-state index contributed by atoms with van der Waals surface area (Å²) in [4.78, 5) is 8.84. The van der Waals surface area contributed by atoms with Gasteiger partial charge in [0.05, 0.1) is 6.61 Å². The van der Waals surface area contributed by atoms with E-state index in [-0.39, 0.29) is 0 Å². The molecule has 3 heteroatoms. The Hall–Kier alpha value is 0.137. The molecule has 0 aromatic carbocycles.